The van der Waals surface area contributed by atoms with Crippen LogP contribution in [0.1, 0.15) is 29.6 Å². The highest BCUT2D eigenvalue weighted by Crippen LogP contribution is 2.42. The summed E-state index contributed by atoms with van der Waals surface area (Å²) in [5.41, 5.74) is 1.95. The quantitative estimate of drug-likeness (QED) is 0.462. The van der Waals surface area contributed by atoms with Crippen molar-refractivity contribution in [1.29, 1.82) is 0 Å². The van der Waals surface area contributed by atoms with Crippen molar-refractivity contribution in [3.05, 3.63) is 77.2 Å². The van der Waals surface area contributed by atoms with Crippen molar-refractivity contribution in [2.45, 2.75) is 19.3 Å². The second-order valence-electron chi connectivity index (χ2n) is 7.96. The van der Waals surface area contributed by atoms with Crippen LogP contribution in [0, 0.1) is 11.2 Å². The van der Waals surface area contributed by atoms with E-state index in [-0.39, 0.29) is 23.2 Å². The number of carbonyl (C=O) groups is 2. The molecule has 0 saturated heterocycles. The normalized spacial score (nSPS) is 14.2. The molecular weight excluding hydrogens is 447 g/mol. The Kier molecular flexibility index (Phi) is 6.60. The van der Waals surface area contributed by atoms with E-state index in [9.17, 15) is 14.0 Å². The number of esters is 1. The van der Waals surface area contributed by atoms with Crippen LogP contribution in [0.2, 0.25) is 5.02 Å². The number of hydrogen-bond acceptors (Lipinski definition) is 5. The van der Waals surface area contributed by atoms with Crippen molar-refractivity contribution < 1.29 is 23.5 Å². The molecule has 1 N–H and O–H groups in total. The summed E-state index contributed by atoms with van der Waals surface area (Å²) in [7, 11) is 1.39. The first-order valence-electron chi connectivity index (χ1n) is 10.4. The van der Waals surface area contributed by atoms with Gasteiger partial charge in [0.15, 0.2) is 0 Å². The van der Waals surface area contributed by atoms with Gasteiger partial charge in [-0.3, -0.25) is 9.59 Å². The Morgan fingerprint density at radius 3 is 2.39 bits per heavy atom. The highest BCUT2D eigenvalue weighted by molar-refractivity contribution is 6.30. The maximum absolute atomic E-state index is 13.6. The number of amides is 1. The third-order valence-corrected chi connectivity index (χ3v) is 6.13. The minimum Gasteiger partial charge on any atom is -0.476 e. The molecule has 1 amide bonds. The third kappa shape index (κ3) is 4.98. The lowest BCUT2D eigenvalue weighted by molar-refractivity contribution is -0.161. The summed E-state index contributed by atoms with van der Waals surface area (Å²) in [4.78, 5) is 28.7. The lowest BCUT2D eigenvalue weighted by Crippen LogP contribution is -2.44. The fourth-order valence-corrected chi connectivity index (χ4v) is 3.78. The smallest absolute Gasteiger partial charge is 0.315 e. The fourth-order valence-electron chi connectivity index (χ4n) is 3.66. The Balaban J connectivity index is 1.37. The Hall–Kier alpha value is -3.45. The van der Waals surface area contributed by atoms with Gasteiger partial charge in [0.25, 0.3) is 5.91 Å². The largest absolute Gasteiger partial charge is 0.476 e. The molecule has 33 heavy (non-hydrogen) atoms. The molecule has 4 rings (SSSR count). The SMILES string of the molecule is COC(=O)C1(COc2ccc(-c3ccc(NC(=O)c4ccc(Cl)c(F)c4)cc3)cn2)CCC1. The van der Waals surface area contributed by atoms with E-state index in [0.29, 0.717) is 11.6 Å². The molecule has 2 aromatic carbocycles. The van der Waals surface area contributed by atoms with E-state index in [1.165, 1.54) is 19.2 Å². The van der Waals surface area contributed by atoms with Crippen molar-refractivity contribution in [3.63, 3.8) is 0 Å². The van der Waals surface area contributed by atoms with Gasteiger partial charge in [0, 0.05) is 29.1 Å². The van der Waals surface area contributed by atoms with Crippen molar-refractivity contribution >= 4 is 29.2 Å². The van der Waals surface area contributed by atoms with E-state index in [2.05, 4.69) is 10.3 Å². The van der Waals surface area contributed by atoms with E-state index in [0.717, 1.165) is 36.5 Å². The van der Waals surface area contributed by atoms with Crippen LogP contribution >= 0.6 is 11.6 Å². The van der Waals surface area contributed by atoms with Crippen LogP contribution in [0.25, 0.3) is 11.1 Å². The molecule has 170 valence electrons. The zero-order valence-corrected chi connectivity index (χ0v) is 18.7. The molecular formula is C25H22ClFN2O4. The first-order chi connectivity index (χ1) is 15.9. The number of aromatic nitrogens is 1. The Morgan fingerprint density at radius 1 is 1.09 bits per heavy atom. The standard InChI is InChI=1S/C25H22ClFN2O4/c1-32-24(31)25(11-2-12-25)15-33-22-10-6-18(14-28-22)16-3-7-19(8-4-16)29-23(30)17-5-9-20(26)21(27)13-17/h3-10,13-14H,2,11-12,15H2,1H3,(H,29,30). The number of ether oxygens (including phenoxy) is 2. The number of hydrogen-bond donors (Lipinski definition) is 1. The van der Waals surface area contributed by atoms with Gasteiger partial charge >= 0.3 is 5.97 Å². The Bertz CT molecular complexity index is 1160. The van der Waals surface area contributed by atoms with Gasteiger partial charge in [-0.2, -0.15) is 0 Å². The van der Waals surface area contributed by atoms with Gasteiger partial charge in [0.1, 0.15) is 17.8 Å². The molecule has 0 radical (unpaired) electrons. The van der Waals surface area contributed by atoms with Crippen LogP contribution in [0.4, 0.5) is 10.1 Å². The van der Waals surface area contributed by atoms with Crippen LogP contribution in [-0.2, 0) is 9.53 Å². The zero-order chi connectivity index (χ0) is 23.4. The lowest BCUT2D eigenvalue weighted by Gasteiger charge is -2.38. The predicted molar refractivity (Wildman–Crippen MR) is 123 cm³/mol. The molecule has 1 aliphatic rings. The van der Waals surface area contributed by atoms with E-state index < -0.39 is 17.1 Å². The van der Waals surface area contributed by atoms with E-state index >= 15 is 0 Å². The summed E-state index contributed by atoms with van der Waals surface area (Å²) in [6.45, 7) is 0.248. The molecule has 1 fully saturated rings. The number of pyridine rings is 1. The number of benzene rings is 2. The summed E-state index contributed by atoms with van der Waals surface area (Å²) in [6, 6.07) is 14.7. The van der Waals surface area contributed by atoms with E-state index in [4.69, 9.17) is 21.1 Å². The minimum atomic E-state index is -0.646. The highest BCUT2D eigenvalue weighted by atomic mass is 35.5. The molecule has 1 aliphatic carbocycles. The van der Waals surface area contributed by atoms with Crippen LogP contribution in [-0.4, -0.2) is 30.6 Å². The number of rotatable bonds is 7. The molecule has 1 saturated carbocycles. The molecule has 0 aliphatic heterocycles. The summed E-state index contributed by atoms with van der Waals surface area (Å²) in [6.07, 6.45) is 4.18. The summed E-state index contributed by atoms with van der Waals surface area (Å²) in [5.74, 6) is -0.878. The zero-order valence-electron chi connectivity index (χ0n) is 17.9. The second-order valence-corrected chi connectivity index (χ2v) is 8.37. The maximum atomic E-state index is 13.6. The van der Waals surface area contributed by atoms with Gasteiger partial charge in [0.05, 0.1) is 12.1 Å². The lowest BCUT2D eigenvalue weighted by atomic mass is 9.69. The van der Waals surface area contributed by atoms with Crippen LogP contribution in [0.5, 0.6) is 5.88 Å². The fraction of sp³-hybridized carbons (Fsp3) is 0.240. The first kappa shape index (κ1) is 22.7. The first-order valence-corrected chi connectivity index (χ1v) is 10.8. The number of halogens is 2. The molecule has 0 atom stereocenters. The molecule has 0 bridgehead atoms. The Morgan fingerprint density at radius 2 is 1.82 bits per heavy atom. The maximum Gasteiger partial charge on any atom is 0.315 e. The van der Waals surface area contributed by atoms with E-state index in [1.54, 1.807) is 24.4 Å². The molecule has 1 aromatic heterocycles. The summed E-state index contributed by atoms with van der Waals surface area (Å²) >= 11 is 5.66. The number of anilines is 1. The summed E-state index contributed by atoms with van der Waals surface area (Å²) < 4.78 is 24.2. The number of methoxy groups -OCH3 is 1. The Labute approximate surface area is 195 Å². The van der Waals surface area contributed by atoms with Gasteiger partial charge in [-0.1, -0.05) is 30.2 Å². The predicted octanol–water partition coefficient (Wildman–Crippen LogP) is 5.52. The molecule has 0 spiro atoms. The van der Waals surface area contributed by atoms with Crippen LogP contribution in [0.15, 0.2) is 60.8 Å². The van der Waals surface area contributed by atoms with Gasteiger partial charge in [-0.15, -0.1) is 0 Å². The topological polar surface area (TPSA) is 77.5 Å². The second kappa shape index (κ2) is 9.58. The molecule has 6 nitrogen and oxygen atoms in total. The number of nitrogens with zero attached hydrogens (tertiary/aromatic N) is 1. The van der Waals surface area contributed by atoms with Crippen molar-refractivity contribution in [3.8, 4) is 17.0 Å². The number of nitrogens with one attached hydrogen (secondary N) is 1. The van der Waals surface area contributed by atoms with Gasteiger partial charge < -0.3 is 14.8 Å². The number of carbonyl (C=O) groups excluding carboxylic acids is 2. The van der Waals surface area contributed by atoms with Gasteiger partial charge in [0.2, 0.25) is 5.88 Å². The third-order valence-electron chi connectivity index (χ3n) is 5.82. The van der Waals surface area contributed by atoms with Gasteiger partial charge in [-0.25, -0.2) is 9.37 Å². The van der Waals surface area contributed by atoms with Crippen molar-refractivity contribution in [1.82, 2.24) is 4.98 Å². The molecule has 0 unspecified atom stereocenters. The summed E-state index contributed by atoms with van der Waals surface area (Å²) in [5, 5.41) is 2.69. The average Bonchev–Trinajstić information content (AvgIpc) is 2.81. The average molecular weight is 469 g/mol. The van der Waals surface area contributed by atoms with Crippen LogP contribution < -0.4 is 10.1 Å². The van der Waals surface area contributed by atoms with Crippen molar-refractivity contribution in [2.75, 3.05) is 19.0 Å². The highest BCUT2D eigenvalue weighted by Gasteiger charge is 2.46. The van der Waals surface area contributed by atoms with Crippen LogP contribution in [0.3, 0.4) is 0 Å². The molecule has 1 heterocycles. The molecule has 8 heteroatoms. The van der Waals surface area contributed by atoms with E-state index in [1.807, 2.05) is 18.2 Å². The van der Waals surface area contributed by atoms with Crippen molar-refractivity contribution in [2.24, 2.45) is 5.41 Å². The minimum absolute atomic E-state index is 0.0352. The monoisotopic (exact) mass is 468 g/mol. The van der Waals surface area contributed by atoms with Gasteiger partial charge in [-0.05, 0) is 54.8 Å². The molecule has 3 aromatic rings.